The van der Waals surface area contributed by atoms with E-state index < -0.39 is 5.54 Å². The Balaban J connectivity index is 2.65. The zero-order chi connectivity index (χ0) is 12.6. The number of ether oxygens (including phenoxy) is 1. The minimum atomic E-state index is -0.926. The van der Waals surface area contributed by atoms with Crippen LogP contribution in [0, 0.1) is 0 Å². The molecule has 1 aromatic heterocycles. The Morgan fingerprint density at radius 2 is 2.06 bits per heavy atom. The second kappa shape index (κ2) is 3.89. The fourth-order valence-electron chi connectivity index (χ4n) is 1.76. The zero-order valence-electron chi connectivity index (χ0n) is 10.1. The fourth-order valence-corrected chi connectivity index (χ4v) is 1.76. The second-order valence-electron chi connectivity index (χ2n) is 4.53. The van der Waals surface area contributed by atoms with Gasteiger partial charge in [0.1, 0.15) is 11.3 Å². The monoisotopic (exact) mass is 233 g/mol. The van der Waals surface area contributed by atoms with Crippen LogP contribution in [-0.4, -0.2) is 18.4 Å². The van der Waals surface area contributed by atoms with Crippen molar-refractivity contribution in [3.8, 4) is 5.75 Å². The van der Waals surface area contributed by atoms with Crippen LogP contribution in [0.2, 0.25) is 0 Å². The van der Waals surface area contributed by atoms with Gasteiger partial charge in [0.05, 0.1) is 29.9 Å². The van der Waals surface area contributed by atoms with Gasteiger partial charge in [-0.25, -0.2) is 0 Å². The number of ketones is 1. The highest BCUT2D eigenvalue weighted by Crippen LogP contribution is 2.32. The molecule has 2 N–H and O–H groups in total. The van der Waals surface area contributed by atoms with Crippen LogP contribution in [0.1, 0.15) is 24.2 Å². The summed E-state index contributed by atoms with van der Waals surface area (Å²) in [5, 5.41) is 0.780. The van der Waals surface area contributed by atoms with Crippen LogP contribution in [0.3, 0.4) is 0 Å². The molecule has 17 heavy (non-hydrogen) atoms. The maximum Gasteiger partial charge on any atom is 0.185 e. The molecule has 0 radical (unpaired) electrons. The summed E-state index contributed by atoms with van der Waals surface area (Å²) in [4.78, 5) is 12.2. The van der Waals surface area contributed by atoms with Gasteiger partial charge in [-0.05, 0) is 32.0 Å². The van der Waals surface area contributed by atoms with E-state index in [0.717, 1.165) is 5.39 Å². The standard InChI is InChI=1S/C13H15NO3/c1-13(2,14)12(15)9-4-5-10-8(6-7-17-10)11(9)16-3/h4-7H,14H2,1-3H3. The molecule has 4 nitrogen and oxygen atoms in total. The third-order valence-electron chi connectivity index (χ3n) is 2.62. The molecule has 0 saturated carbocycles. The normalized spacial score (nSPS) is 11.8. The fraction of sp³-hybridized carbons (Fsp3) is 0.308. The summed E-state index contributed by atoms with van der Waals surface area (Å²) in [6.07, 6.45) is 1.56. The SMILES string of the molecule is COc1c(C(=O)C(C)(C)N)ccc2occc12. The summed E-state index contributed by atoms with van der Waals surface area (Å²) in [7, 11) is 1.53. The number of hydrogen-bond acceptors (Lipinski definition) is 4. The van der Waals surface area contributed by atoms with Gasteiger partial charge in [-0.2, -0.15) is 0 Å². The number of carbonyl (C=O) groups excluding carboxylic acids is 1. The highest BCUT2D eigenvalue weighted by molar-refractivity contribution is 6.08. The van der Waals surface area contributed by atoms with E-state index in [2.05, 4.69) is 0 Å². The van der Waals surface area contributed by atoms with E-state index in [1.807, 2.05) is 0 Å². The average Bonchev–Trinajstić information content (AvgIpc) is 2.73. The quantitative estimate of drug-likeness (QED) is 0.826. The molecule has 0 aliphatic carbocycles. The van der Waals surface area contributed by atoms with Crippen molar-refractivity contribution in [2.24, 2.45) is 5.73 Å². The van der Waals surface area contributed by atoms with Crippen molar-refractivity contribution in [3.63, 3.8) is 0 Å². The van der Waals surface area contributed by atoms with Crippen molar-refractivity contribution in [2.75, 3.05) is 7.11 Å². The number of Topliss-reactive ketones (excluding diaryl/α,β-unsaturated/α-hetero) is 1. The van der Waals surface area contributed by atoms with E-state index in [4.69, 9.17) is 14.9 Å². The number of fused-ring (bicyclic) bond motifs is 1. The molecule has 0 amide bonds. The lowest BCUT2D eigenvalue weighted by Gasteiger charge is -2.18. The van der Waals surface area contributed by atoms with Crippen molar-refractivity contribution in [1.29, 1.82) is 0 Å². The summed E-state index contributed by atoms with van der Waals surface area (Å²) in [5.41, 5.74) is 6.07. The second-order valence-corrected chi connectivity index (χ2v) is 4.53. The molecule has 90 valence electrons. The molecule has 4 heteroatoms. The molecule has 2 rings (SSSR count). The van der Waals surface area contributed by atoms with Gasteiger partial charge in [-0.15, -0.1) is 0 Å². The molecule has 0 fully saturated rings. The Morgan fingerprint density at radius 1 is 1.35 bits per heavy atom. The molecule has 1 aromatic carbocycles. The number of carbonyl (C=O) groups is 1. The highest BCUT2D eigenvalue weighted by atomic mass is 16.5. The van der Waals surface area contributed by atoms with Crippen molar-refractivity contribution >= 4 is 16.8 Å². The van der Waals surface area contributed by atoms with Crippen LogP contribution in [-0.2, 0) is 0 Å². The Labute approximate surface area is 99.3 Å². The maximum absolute atomic E-state index is 12.2. The summed E-state index contributed by atoms with van der Waals surface area (Å²) in [6, 6.07) is 5.20. The van der Waals surface area contributed by atoms with Crippen LogP contribution in [0.4, 0.5) is 0 Å². The Kier molecular flexibility index (Phi) is 2.67. The predicted octanol–water partition coefficient (Wildman–Crippen LogP) is 2.36. The summed E-state index contributed by atoms with van der Waals surface area (Å²) in [6.45, 7) is 3.35. The number of benzene rings is 1. The number of rotatable bonds is 3. The van der Waals surface area contributed by atoms with Gasteiger partial charge < -0.3 is 14.9 Å². The van der Waals surface area contributed by atoms with Gasteiger partial charge in [0.15, 0.2) is 5.78 Å². The molecule has 0 aliphatic heterocycles. The molecule has 0 spiro atoms. The highest BCUT2D eigenvalue weighted by Gasteiger charge is 2.27. The van der Waals surface area contributed by atoms with E-state index >= 15 is 0 Å². The van der Waals surface area contributed by atoms with Crippen molar-refractivity contribution in [2.45, 2.75) is 19.4 Å². The van der Waals surface area contributed by atoms with Crippen LogP contribution in [0.15, 0.2) is 28.9 Å². The molecule has 2 aromatic rings. The minimum Gasteiger partial charge on any atom is -0.495 e. The largest absolute Gasteiger partial charge is 0.495 e. The first-order valence-electron chi connectivity index (χ1n) is 5.33. The van der Waals surface area contributed by atoms with Crippen molar-refractivity contribution in [1.82, 2.24) is 0 Å². The molecule has 0 atom stereocenters. The lowest BCUT2D eigenvalue weighted by molar-refractivity contribution is 0.0910. The zero-order valence-corrected chi connectivity index (χ0v) is 10.1. The average molecular weight is 233 g/mol. The molecular formula is C13H15NO3. The molecule has 0 saturated heterocycles. The first-order valence-corrected chi connectivity index (χ1v) is 5.33. The number of methoxy groups -OCH3 is 1. The smallest absolute Gasteiger partial charge is 0.185 e. The Morgan fingerprint density at radius 3 is 2.65 bits per heavy atom. The molecule has 0 bridgehead atoms. The third kappa shape index (κ3) is 1.91. The topological polar surface area (TPSA) is 65.5 Å². The van der Waals surface area contributed by atoms with Crippen LogP contribution in [0.25, 0.3) is 11.0 Å². The van der Waals surface area contributed by atoms with Crippen LogP contribution < -0.4 is 10.5 Å². The summed E-state index contributed by atoms with van der Waals surface area (Å²) >= 11 is 0. The van der Waals surface area contributed by atoms with Crippen LogP contribution >= 0.6 is 0 Å². The molecular weight excluding hydrogens is 218 g/mol. The van der Waals surface area contributed by atoms with E-state index in [-0.39, 0.29) is 5.78 Å². The molecule has 0 unspecified atom stereocenters. The van der Waals surface area contributed by atoms with Crippen molar-refractivity contribution < 1.29 is 13.9 Å². The predicted molar refractivity (Wildman–Crippen MR) is 65.4 cm³/mol. The lowest BCUT2D eigenvalue weighted by Crippen LogP contribution is -2.41. The van der Waals surface area contributed by atoms with Gasteiger partial charge in [0.25, 0.3) is 0 Å². The Bertz CT molecular complexity index is 564. The lowest BCUT2D eigenvalue weighted by atomic mass is 9.93. The van der Waals surface area contributed by atoms with Crippen molar-refractivity contribution in [3.05, 3.63) is 30.0 Å². The third-order valence-corrected chi connectivity index (χ3v) is 2.62. The molecule has 1 heterocycles. The first kappa shape index (κ1) is 11.7. The van der Waals surface area contributed by atoms with E-state index in [1.54, 1.807) is 38.3 Å². The van der Waals surface area contributed by atoms with Crippen LogP contribution in [0.5, 0.6) is 5.75 Å². The van der Waals surface area contributed by atoms with Gasteiger partial charge in [0.2, 0.25) is 0 Å². The minimum absolute atomic E-state index is 0.155. The van der Waals surface area contributed by atoms with E-state index in [1.165, 1.54) is 7.11 Å². The number of furan rings is 1. The van der Waals surface area contributed by atoms with Gasteiger partial charge >= 0.3 is 0 Å². The number of nitrogens with two attached hydrogens (primary N) is 1. The van der Waals surface area contributed by atoms with Gasteiger partial charge in [0, 0.05) is 0 Å². The first-order chi connectivity index (χ1) is 7.95. The number of hydrogen-bond donors (Lipinski definition) is 1. The Hall–Kier alpha value is -1.81. The van der Waals surface area contributed by atoms with Gasteiger partial charge in [-0.3, -0.25) is 4.79 Å². The summed E-state index contributed by atoms with van der Waals surface area (Å²) in [5.74, 6) is 0.359. The molecule has 0 aliphatic rings. The summed E-state index contributed by atoms with van der Waals surface area (Å²) < 4.78 is 10.6. The maximum atomic E-state index is 12.2. The van der Waals surface area contributed by atoms with Gasteiger partial charge in [-0.1, -0.05) is 0 Å². The van der Waals surface area contributed by atoms with E-state index in [0.29, 0.717) is 16.9 Å². The van der Waals surface area contributed by atoms with E-state index in [9.17, 15) is 4.79 Å².